The highest BCUT2D eigenvalue weighted by Gasteiger charge is 2.43. The number of hydrogen-bond acceptors (Lipinski definition) is 2. The SMILES string of the molecule is CCCCC1(O)C=CC=C2C(=O)NCC21. The zero-order chi connectivity index (χ0) is 10.9. The smallest absolute Gasteiger partial charge is 0.247 e. The molecular weight excluding hydrogens is 190 g/mol. The normalized spacial score (nSPS) is 33.6. The Kier molecular flexibility index (Phi) is 2.65. The lowest BCUT2D eigenvalue weighted by molar-refractivity contribution is -0.116. The highest BCUT2D eigenvalue weighted by Crippen LogP contribution is 2.36. The van der Waals surface area contributed by atoms with E-state index < -0.39 is 5.60 Å². The molecule has 82 valence electrons. The summed E-state index contributed by atoms with van der Waals surface area (Å²) in [5, 5.41) is 13.3. The van der Waals surface area contributed by atoms with Crippen LogP contribution in [0, 0.1) is 5.92 Å². The number of rotatable bonds is 3. The van der Waals surface area contributed by atoms with Crippen molar-refractivity contribution in [2.45, 2.75) is 31.8 Å². The Morgan fingerprint density at radius 2 is 2.47 bits per heavy atom. The van der Waals surface area contributed by atoms with Crippen molar-refractivity contribution in [1.29, 1.82) is 0 Å². The van der Waals surface area contributed by atoms with Crippen molar-refractivity contribution < 1.29 is 9.90 Å². The summed E-state index contributed by atoms with van der Waals surface area (Å²) in [6.45, 7) is 2.67. The van der Waals surface area contributed by atoms with Gasteiger partial charge in [0, 0.05) is 18.0 Å². The minimum atomic E-state index is -0.820. The van der Waals surface area contributed by atoms with E-state index in [0.717, 1.165) is 24.8 Å². The lowest BCUT2D eigenvalue weighted by atomic mass is 9.77. The van der Waals surface area contributed by atoms with Gasteiger partial charge in [0.15, 0.2) is 0 Å². The highest BCUT2D eigenvalue weighted by atomic mass is 16.3. The molecule has 15 heavy (non-hydrogen) atoms. The van der Waals surface area contributed by atoms with Crippen LogP contribution in [0.1, 0.15) is 26.2 Å². The lowest BCUT2D eigenvalue weighted by Crippen LogP contribution is -2.39. The summed E-state index contributed by atoms with van der Waals surface area (Å²) in [5.41, 5.74) is -0.0877. The van der Waals surface area contributed by atoms with Gasteiger partial charge in [0.05, 0.1) is 5.60 Å². The van der Waals surface area contributed by atoms with Crippen LogP contribution in [0.4, 0.5) is 0 Å². The molecule has 1 heterocycles. The van der Waals surface area contributed by atoms with Crippen LogP contribution in [0.3, 0.4) is 0 Å². The number of carbonyl (C=O) groups excluding carboxylic acids is 1. The first-order valence-corrected chi connectivity index (χ1v) is 5.57. The molecule has 1 aliphatic heterocycles. The van der Waals surface area contributed by atoms with Crippen LogP contribution in [-0.2, 0) is 4.79 Å². The fourth-order valence-corrected chi connectivity index (χ4v) is 2.35. The Morgan fingerprint density at radius 3 is 3.20 bits per heavy atom. The highest BCUT2D eigenvalue weighted by molar-refractivity contribution is 5.97. The van der Waals surface area contributed by atoms with Crippen LogP contribution in [0.5, 0.6) is 0 Å². The van der Waals surface area contributed by atoms with Gasteiger partial charge in [-0.3, -0.25) is 4.79 Å². The van der Waals surface area contributed by atoms with Crippen molar-refractivity contribution in [2.75, 3.05) is 6.54 Å². The van der Waals surface area contributed by atoms with E-state index in [1.807, 2.05) is 12.2 Å². The number of fused-ring (bicyclic) bond motifs is 1. The minimum Gasteiger partial charge on any atom is -0.385 e. The average molecular weight is 207 g/mol. The third kappa shape index (κ3) is 1.72. The quantitative estimate of drug-likeness (QED) is 0.729. The van der Waals surface area contributed by atoms with Crippen molar-refractivity contribution in [3.8, 4) is 0 Å². The van der Waals surface area contributed by atoms with Gasteiger partial charge in [0.2, 0.25) is 5.91 Å². The summed E-state index contributed by atoms with van der Waals surface area (Å²) in [4.78, 5) is 11.4. The van der Waals surface area contributed by atoms with Crippen LogP contribution >= 0.6 is 0 Å². The van der Waals surface area contributed by atoms with Crippen LogP contribution in [0.15, 0.2) is 23.8 Å². The Bertz CT molecular complexity index is 333. The first kappa shape index (κ1) is 10.4. The van der Waals surface area contributed by atoms with Gasteiger partial charge < -0.3 is 10.4 Å². The lowest BCUT2D eigenvalue weighted by Gasteiger charge is -2.32. The van der Waals surface area contributed by atoms with Crippen molar-refractivity contribution in [3.05, 3.63) is 23.8 Å². The Morgan fingerprint density at radius 1 is 1.67 bits per heavy atom. The molecule has 0 bridgehead atoms. The molecule has 0 aromatic carbocycles. The van der Waals surface area contributed by atoms with Gasteiger partial charge in [-0.05, 0) is 6.42 Å². The largest absolute Gasteiger partial charge is 0.385 e. The third-order valence-corrected chi connectivity index (χ3v) is 3.30. The minimum absolute atomic E-state index is 0.0285. The second kappa shape index (κ2) is 3.81. The Hall–Kier alpha value is -1.09. The number of carbonyl (C=O) groups is 1. The molecule has 1 fully saturated rings. The van der Waals surface area contributed by atoms with Crippen molar-refractivity contribution in [1.82, 2.24) is 5.32 Å². The number of nitrogens with one attached hydrogen (secondary N) is 1. The van der Waals surface area contributed by atoms with E-state index in [1.165, 1.54) is 0 Å². The number of hydrogen-bond donors (Lipinski definition) is 2. The number of amides is 1. The molecule has 0 radical (unpaired) electrons. The van der Waals surface area contributed by atoms with Crippen LogP contribution in [-0.4, -0.2) is 23.2 Å². The van der Waals surface area contributed by atoms with E-state index in [-0.39, 0.29) is 11.8 Å². The third-order valence-electron chi connectivity index (χ3n) is 3.30. The van der Waals surface area contributed by atoms with E-state index in [4.69, 9.17) is 0 Å². The van der Waals surface area contributed by atoms with Crippen molar-refractivity contribution in [3.63, 3.8) is 0 Å². The molecule has 0 aromatic heterocycles. The molecule has 0 aromatic rings. The molecule has 1 aliphatic carbocycles. The van der Waals surface area contributed by atoms with Gasteiger partial charge in [-0.1, -0.05) is 38.0 Å². The maximum absolute atomic E-state index is 11.4. The molecule has 0 saturated carbocycles. The van der Waals surface area contributed by atoms with Crippen LogP contribution < -0.4 is 5.32 Å². The maximum Gasteiger partial charge on any atom is 0.247 e. The van der Waals surface area contributed by atoms with Crippen LogP contribution in [0.2, 0.25) is 0 Å². The summed E-state index contributed by atoms with van der Waals surface area (Å²) in [6.07, 6.45) is 8.22. The fraction of sp³-hybridized carbons (Fsp3) is 0.583. The molecule has 1 amide bonds. The summed E-state index contributed by atoms with van der Waals surface area (Å²) >= 11 is 0. The summed E-state index contributed by atoms with van der Waals surface area (Å²) < 4.78 is 0. The topological polar surface area (TPSA) is 49.3 Å². The van der Waals surface area contributed by atoms with E-state index in [2.05, 4.69) is 12.2 Å². The molecule has 1 saturated heterocycles. The second-order valence-electron chi connectivity index (χ2n) is 4.34. The second-order valence-corrected chi connectivity index (χ2v) is 4.34. The molecule has 2 aliphatic rings. The Labute approximate surface area is 89.9 Å². The first-order chi connectivity index (χ1) is 7.17. The monoisotopic (exact) mass is 207 g/mol. The van der Waals surface area contributed by atoms with Gasteiger partial charge in [-0.25, -0.2) is 0 Å². The van der Waals surface area contributed by atoms with E-state index in [0.29, 0.717) is 6.54 Å². The van der Waals surface area contributed by atoms with E-state index in [1.54, 1.807) is 6.08 Å². The molecular formula is C12H17NO2. The van der Waals surface area contributed by atoms with Gasteiger partial charge in [-0.15, -0.1) is 0 Å². The zero-order valence-corrected chi connectivity index (χ0v) is 8.99. The Balaban J connectivity index is 2.19. The summed E-state index contributed by atoms with van der Waals surface area (Å²) in [7, 11) is 0. The van der Waals surface area contributed by atoms with E-state index in [9.17, 15) is 9.90 Å². The van der Waals surface area contributed by atoms with Gasteiger partial charge in [0.25, 0.3) is 0 Å². The molecule has 2 unspecified atom stereocenters. The number of aliphatic hydroxyl groups is 1. The standard InChI is InChI=1S/C12H17NO2/c1-2-3-6-12(15)7-4-5-9-10(12)8-13-11(9)14/h4-5,7,10,15H,2-3,6,8H2,1H3,(H,13,14). The molecule has 0 spiro atoms. The fourth-order valence-electron chi connectivity index (χ4n) is 2.35. The number of allylic oxidation sites excluding steroid dienone is 2. The number of unbranched alkanes of at least 4 members (excludes halogenated alkanes) is 1. The van der Waals surface area contributed by atoms with Gasteiger partial charge in [0.1, 0.15) is 0 Å². The van der Waals surface area contributed by atoms with Gasteiger partial charge in [-0.2, -0.15) is 0 Å². The maximum atomic E-state index is 11.4. The molecule has 2 atom stereocenters. The predicted molar refractivity (Wildman–Crippen MR) is 58.2 cm³/mol. The molecule has 3 nitrogen and oxygen atoms in total. The summed E-state index contributed by atoms with van der Waals surface area (Å²) in [6, 6.07) is 0. The molecule has 2 rings (SSSR count). The zero-order valence-electron chi connectivity index (χ0n) is 8.99. The van der Waals surface area contributed by atoms with E-state index >= 15 is 0 Å². The van der Waals surface area contributed by atoms with Gasteiger partial charge >= 0.3 is 0 Å². The molecule has 3 heteroatoms. The average Bonchev–Trinajstić information content (AvgIpc) is 2.60. The first-order valence-electron chi connectivity index (χ1n) is 5.57. The van der Waals surface area contributed by atoms with Crippen LogP contribution in [0.25, 0.3) is 0 Å². The predicted octanol–water partition coefficient (Wildman–Crippen LogP) is 1.15. The molecule has 2 N–H and O–H groups in total. The summed E-state index contributed by atoms with van der Waals surface area (Å²) in [5.74, 6) is -0.0826. The van der Waals surface area contributed by atoms with Crippen molar-refractivity contribution >= 4 is 5.91 Å². The van der Waals surface area contributed by atoms with Crippen molar-refractivity contribution in [2.24, 2.45) is 5.92 Å².